The number of hydrogen-bond acceptors (Lipinski definition) is 4. The summed E-state index contributed by atoms with van der Waals surface area (Å²) in [5.74, 6) is 1.88. The summed E-state index contributed by atoms with van der Waals surface area (Å²) in [7, 11) is 0. The Labute approximate surface area is 139 Å². The lowest BCUT2D eigenvalue weighted by molar-refractivity contribution is -0.137. The highest BCUT2D eigenvalue weighted by molar-refractivity contribution is 6.32. The minimum absolute atomic E-state index is 0.0381. The zero-order valence-electron chi connectivity index (χ0n) is 13.0. The van der Waals surface area contributed by atoms with Gasteiger partial charge in [-0.1, -0.05) is 23.7 Å². The second kappa shape index (κ2) is 7.00. The molecule has 0 spiro atoms. The number of H-pyrrole nitrogens is 1. The standard InChI is InChI=1S/C16H19ClN4O2/c1-11-18-16(20-19-11)13-7-4-5-9-21(13)15(22)10-23-14-8-3-2-6-12(14)17/h2-3,6,8,13H,4-5,7,9-10H2,1H3,(H,18,19,20)/t13-/m0/s1. The number of aromatic nitrogens is 3. The maximum Gasteiger partial charge on any atom is 0.261 e. The number of hydrogen-bond donors (Lipinski definition) is 1. The number of carbonyl (C=O) groups excluding carboxylic acids is 1. The van der Waals surface area contributed by atoms with Gasteiger partial charge >= 0.3 is 0 Å². The molecule has 1 fully saturated rings. The monoisotopic (exact) mass is 334 g/mol. The van der Waals surface area contributed by atoms with Crippen LogP contribution < -0.4 is 4.74 Å². The number of ether oxygens (including phenoxy) is 1. The van der Waals surface area contributed by atoms with Crippen molar-refractivity contribution in [2.75, 3.05) is 13.2 Å². The van der Waals surface area contributed by atoms with E-state index >= 15 is 0 Å². The summed E-state index contributed by atoms with van der Waals surface area (Å²) in [6.45, 7) is 2.51. The molecule has 1 aromatic heterocycles. The molecular formula is C16H19ClN4O2. The van der Waals surface area contributed by atoms with Crippen molar-refractivity contribution in [3.63, 3.8) is 0 Å². The number of likely N-dealkylation sites (tertiary alicyclic amines) is 1. The van der Waals surface area contributed by atoms with Crippen LogP contribution in [0.2, 0.25) is 5.02 Å². The summed E-state index contributed by atoms with van der Waals surface area (Å²) >= 11 is 6.05. The van der Waals surface area contributed by atoms with Crippen LogP contribution in [0.3, 0.4) is 0 Å². The van der Waals surface area contributed by atoms with Crippen molar-refractivity contribution in [3.8, 4) is 5.75 Å². The van der Waals surface area contributed by atoms with E-state index < -0.39 is 0 Å². The minimum atomic E-state index is -0.0870. The predicted octanol–water partition coefficient (Wildman–Crippen LogP) is 2.90. The molecule has 1 N–H and O–H groups in total. The largest absolute Gasteiger partial charge is 0.482 e. The van der Waals surface area contributed by atoms with Crippen molar-refractivity contribution < 1.29 is 9.53 Å². The molecule has 6 nitrogen and oxygen atoms in total. The number of nitrogens with one attached hydrogen (secondary N) is 1. The molecule has 0 radical (unpaired) electrons. The molecule has 0 unspecified atom stereocenters. The average Bonchev–Trinajstić information content (AvgIpc) is 3.00. The quantitative estimate of drug-likeness (QED) is 0.933. The Kier molecular flexibility index (Phi) is 4.81. The maximum absolute atomic E-state index is 12.6. The molecule has 2 aromatic rings. The molecule has 3 rings (SSSR count). The second-order valence-electron chi connectivity index (χ2n) is 5.60. The van der Waals surface area contributed by atoms with Crippen LogP contribution in [0.4, 0.5) is 0 Å². The highest BCUT2D eigenvalue weighted by atomic mass is 35.5. The number of piperidine rings is 1. The molecule has 0 saturated carbocycles. The van der Waals surface area contributed by atoms with Gasteiger partial charge in [0.2, 0.25) is 0 Å². The van der Waals surface area contributed by atoms with E-state index in [1.807, 2.05) is 24.0 Å². The van der Waals surface area contributed by atoms with E-state index in [1.54, 1.807) is 12.1 Å². The third kappa shape index (κ3) is 3.64. The highest BCUT2D eigenvalue weighted by Gasteiger charge is 2.30. The number of amides is 1. The van der Waals surface area contributed by atoms with Crippen molar-refractivity contribution in [2.24, 2.45) is 0 Å². The first kappa shape index (κ1) is 15.8. The molecule has 0 aliphatic carbocycles. The van der Waals surface area contributed by atoms with Gasteiger partial charge in [-0.25, -0.2) is 4.98 Å². The fourth-order valence-electron chi connectivity index (χ4n) is 2.79. The first-order valence-corrected chi connectivity index (χ1v) is 8.08. The summed E-state index contributed by atoms with van der Waals surface area (Å²) < 4.78 is 5.57. The van der Waals surface area contributed by atoms with Crippen molar-refractivity contribution in [1.82, 2.24) is 20.1 Å². The van der Waals surface area contributed by atoms with E-state index in [-0.39, 0.29) is 18.6 Å². The zero-order chi connectivity index (χ0) is 16.2. The molecule has 1 aliphatic rings. The van der Waals surface area contributed by atoms with Crippen LogP contribution in [0.1, 0.15) is 37.0 Å². The summed E-state index contributed by atoms with van der Waals surface area (Å²) in [6.07, 6.45) is 2.92. The van der Waals surface area contributed by atoms with Gasteiger partial charge in [-0.2, -0.15) is 5.10 Å². The van der Waals surface area contributed by atoms with Crippen LogP contribution in [-0.4, -0.2) is 39.1 Å². The number of benzene rings is 1. The first-order valence-electron chi connectivity index (χ1n) is 7.71. The van der Waals surface area contributed by atoms with Crippen LogP contribution >= 0.6 is 11.6 Å². The van der Waals surface area contributed by atoms with Gasteiger partial charge in [-0.05, 0) is 38.3 Å². The third-order valence-corrected chi connectivity index (χ3v) is 4.24. The Morgan fingerprint density at radius 1 is 1.43 bits per heavy atom. The molecule has 1 saturated heterocycles. The molecule has 1 aromatic carbocycles. The van der Waals surface area contributed by atoms with Crippen LogP contribution in [0.15, 0.2) is 24.3 Å². The second-order valence-corrected chi connectivity index (χ2v) is 6.00. The fourth-order valence-corrected chi connectivity index (χ4v) is 2.98. The Bertz CT molecular complexity index is 688. The summed E-state index contributed by atoms with van der Waals surface area (Å²) in [4.78, 5) is 18.8. The minimum Gasteiger partial charge on any atom is -0.482 e. The average molecular weight is 335 g/mol. The lowest BCUT2D eigenvalue weighted by Gasteiger charge is -2.34. The summed E-state index contributed by atoms with van der Waals surface area (Å²) in [6, 6.07) is 7.05. The number of rotatable bonds is 4. The first-order chi connectivity index (χ1) is 11.1. The number of halogens is 1. The predicted molar refractivity (Wildman–Crippen MR) is 86.4 cm³/mol. The molecule has 1 amide bonds. The SMILES string of the molecule is Cc1nc([C@@H]2CCCCN2C(=O)COc2ccccc2Cl)n[nH]1. The normalized spacial score (nSPS) is 18.0. The van der Waals surface area contributed by atoms with Gasteiger partial charge in [0, 0.05) is 6.54 Å². The zero-order valence-corrected chi connectivity index (χ0v) is 13.7. The maximum atomic E-state index is 12.6. The number of para-hydroxylation sites is 1. The van der Waals surface area contributed by atoms with E-state index in [9.17, 15) is 4.79 Å². The van der Waals surface area contributed by atoms with Gasteiger partial charge in [0.25, 0.3) is 5.91 Å². The van der Waals surface area contributed by atoms with Crippen LogP contribution in [0.5, 0.6) is 5.75 Å². The highest BCUT2D eigenvalue weighted by Crippen LogP contribution is 2.29. The topological polar surface area (TPSA) is 71.1 Å². The third-order valence-electron chi connectivity index (χ3n) is 3.92. The number of nitrogens with zero attached hydrogens (tertiary/aromatic N) is 3. The Morgan fingerprint density at radius 3 is 3.00 bits per heavy atom. The van der Waals surface area contributed by atoms with Crippen molar-refractivity contribution in [1.29, 1.82) is 0 Å². The smallest absolute Gasteiger partial charge is 0.261 e. The van der Waals surface area contributed by atoms with Gasteiger partial charge < -0.3 is 9.64 Å². The molecule has 1 atom stereocenters. The molecule has 0 bridgehead atoms. The van der Waals surface area contributed by atoms with E-state index in [0.29, 0.717) is 23.1 Å². The van der Waals surface area contributed by atoms with E-state index in [0.717, 1.165) is 25.1 Å². The van der Waals surface area contributed by atoms with Crippen molar-refractivity contribution in [3.05, 3.63) is 40.9 Å². The van der Waals surface area contributed by atoms with Crippen LogP contribution in [-0.2, 0) is 4.79 Å². The van der Waals surface area contributed by atoms with Crippen molar-refractivity contribution >= 4 is 17.5 Å². The van der Waals surface area contributed by atoms with Crippen molar-refractivity contribution in [2.45, 2.75) is 32.2 Å². The lowest BCUT2D eigenvalue weighted by atomic mass is 10.0. The van der Waals surface area contributed by atoms with E-state index in [4.69, 9.17) is 16.3 Å². The molecule has 122 valence electrons. The van der Waals surface area contributed by atoms with Gasteiger partial charge in [0.05, 0.1) is 11.1 Å². The van der Waals surface area contributed by atoms with Crippen LogP contribution in [0.25, 0.3) is 0 Å². The Morgan fingerprint density at radius 2 is 2.26 bits per heavy atom. The molecular weight excluding hydrogens is 316 g/mol. The van der Waals surface area contributed by atoms with Gasteiger partial charge in [-0.3, -0.25) is 9.89 Å². The van der Waals surface area contributed by atoms with Gasteiger partial charge in [0.15, 0.2) is 12.4 Å². The summed E-state index contributed by atoms with van der Waals surface area (Å²) in [5.41, 5.74) is 0. The molecule has 7 heteroatoms. The number of carbonyl (C=O) groups is 1. The lowest BCUT2D eigenvalue weighted by Crippen LogP contribution is -2.41. The molecule has 23 heavy (non-hydrogen) atoms. The molecule has 1 aliphatic heterocycles. The summed E-state index contributed by atoms with van der Waals surface area (Å²) in [5, 5.41) is 7.56. The molecule has 2 heterocycles. The number of aromatic amines is 1. The Hall–Kier alpha value is -2.08. The Balaban J connectivity index is 1.68. The van der Waals surface area contributed by atoms with Crippen LogP contribution in [0, 0.1) is 6.92 Å². The van der Waals surface area contributed by atoms with Gasteiger partial charge in [-0.15, -0.1) is 0 Å². The fraction of sp³-hybridized carbons (Fsp3) is 0.438. The number of aryl methyl sites for hydroxylation is 1. The van der Waals surface area contributed by atoms with Gasteiger partial charge in [0.1, 0.15) is 11.6 Å². The van der Waals surface area contributed by atoms with E-state index in [1.165, 1.54) is 0 Å². The van der Waals surface area contributed by atoms with E-state index in [2.05, 4.69) is 15.2 Å².